The molecule has 0 radical (unpaired) electrons. The van der Waals surface area contributed by atoms with Crippen molar-refractivity contribution in [1.29, 1.82) is 0 Å². The lowest BCUT2D eigenvalue weighted by Gasteiger charge is -2.07. The quantitative estimate of drug-likeness (QED) is 0.886. The minimum Gasteiger partial charge on any atom is -0.326 e. The van der Waals surface area contributed by atoms with Crippen LogP contribution >= 0.6 is 0 Å². The zero-order valence-corrected chi connectivity index (χ0v) is 11.8. The summed E-state index contributed by atoms with van der Waals surface area (Å²) in [6.45, 7) is 1.44. The van der Waals surface area contributed by atoms with E-state index in [1.165, 1.54) is 6.92 Å². The minimum absolute atomic E-state index is 0.0828. The molecule has 0 aliphatic heterocycles. The average molecular weight is 283 g/mol. The zero-order chi connectivity index (χ0) is 15.1. The maximum absolute atomic E-state index is 11.9. The summed E-state index contributed by atoms with van der Waals surface area (Å²) in [5.41, 5.74) is 2.21. The van der Waals surface area contributed by atoms with Gasteiger partial charge in [-0.25, -0.2) is 0 Å². The second kappa shape index (κ2) is 7.19. The number of nitrogens with zero attached hydrogens (tertiary/aromatic N) is 1. The van der Waals surface area contributed by atoms with Gasteiger partial charge in [-0.2, -0.15) is 0 Å². The van der Waals surface area contributed by atoms with Crippen molar-refractivity contribution in [3.63, 3.8) is 0 Å². The molecule has 0 saturated carbocycles. The fraction of sp³-hybridized carbons (Fsp3) is 0.188. The number of aryl methyl sites for hydroxylation is 1. The summed E-state index contributed by atoms with van der Waals surface area (Å²) in [6.07, 6.45) is 2.67. The first-order chi connectivity index (χ1) is 10.1. The van der Waals surface area contributed by atoms with Crippen molar-refractivity contribution in [1.82, 2.24) is 4.98 Å². The molecule has 0 atom stereocenters. The standard InChI is InChI=1S/C16H17N3O2/c1-12(20)18-14-6-4-7-15(11-14)19-16(21)9-8-13-5-2-3-10-17-13/h2-7,10-11H,8-9H2,1H3,(H,18,20)(H,19,21). The number of carbonyl (C=O) groups is 2. The summed E-state index contributed by atoms with van der Waals surface area (Å²) >= 11 is 0. The highest BCUT2D eigenvalue weighted by Crippen LogP contribution is 2.15. The Labute approximate surface area is 123 Å². The van der Waals surface area contributed by atoms with Crippen LogP contribution in [0.25, 0.3) is 0 Å². The van der Waals surface area contributed by atoms with E-state index in [9.17, 15) is 9.59 Å². The second-order valence-corrected chi connectivity index (χ2v) is 4.63. The summed E-state index contributed by atoms with van der Waals surface area (Å²) < 4.78 is 0. The molecular weight excluding hydrogens is 266 g/mol. The lowest BCUT2D eigenvalue weighted by Crippen LogP contribution is -2.13. The monoisotopic (exact) mass is 283 g/mol. The van der Waals surface area contributed by atoms with Gasteiger partial charge < -0.3 is 10.6 Å². The molecule has 108 valence electrons. The molecule has 0 saturated heterocycles. The van der Waals surface area contributed by atoms with Crippen LogP contribution in [0.2, 0.25) is 0 Å². The molecule has 1 aromatic carbocycles. The minimum atomic E-state index is -0.145. The first-order valence-corrected chi connectivity index (χ1v) is 6.71. The zero-order valence-electron chi connectivity index (χ0n) is 11.8. The summed E-state index contributed by atoms with van der Waals surface area (Å²) in [7, 11) is 0. The Hall–Kier alpha value is -2.69. The average Bonchev–Trinajstić information content (AvgIpc) is 2.46. The van der Waals surface area contributed by atoms with Crippen LogP contribution in [-0.4, -0.2) is 16.8 Å². The molecule has 21 heavy (non-hydrogen) atoms. The number of amides is 2. The third-order valence-electron chi connectivity index (χ3n) is 2.80. The van der Waals surface area contributed by atoms with Crippen molar-refractivity contribution in [2.45, 2.75) is 19.8 Å². The molecule has 1 aromatic heterocycles. The van der Waals surface area contributed by atoms with Gasteiger partial charge in [0.2, 0.25) is 11.8 Å². The normalized spacial score (nSPS) is 9.95. The Bertz CT molecular complexity index is 626. The van der Waals surface area contributed by atoms with Gasteiger partial charge in [0.25, 0.3) is 0 Å². The van der Waals surface area contributed by atoms with Crippen molar-refractivity contribution in [2.24, 2.45) is 0 Å². The van der Waals surface area contributed by atoms with Gasteiger partial charge in [-0.15, -0.1) is 0 Å². The number of rotatable bonds is 5. The molecule has 2 aromatic rings. The van der Waals surface area contributed by atoms with E-state index in [1.54, 1.807) is 30.5 Å². The summed E-state index contributed by atoms with van der Waals surface area (Å²) in [5.74, 6) is -0.228. The molecular formula is C16H17N3O2. The van der Waals surface area contributed by atoms with Crippen LogP contribution in [-0.2, 0) is 16.0 Å². The molecule has 0 fully saturated rings. The van der Waals surface area contributed by atoms with Crippen LogP contribution in [0.3, 0.4) is 0 Å². The van der Waals surface area contributed by atoms with Gasteiger partial charge in [-0.05, 0) is 36.8 Å². The molecule has 0 aliphatic carbocycles. The van der Waals surface area contributed by atoms with Gasteiger partial charge in [0.05, 0.1) is 0 Å². The van der Waals surface area contributed by atoms with E-state index in [0.29, 0.717) is 24.2 Å². The van der Waals surface area contributed by atoms with Crippen LogP contribution in [0.1, 0.15) is 19.0 Å². The number of carbonyl (C=O) groups excluding carboxylic acids is 2. The highest BCUT2D eigenvalue weighted by molar-refractivity contribution is 5.93. The topological polar surface area (TPSA) is 71.1 Å². The number of hydrogen-bond donors (Lipinski definition) is 2. The molecule has 0 aliphatic rings. The number of aromatic nitrogens is 1. The first-order valence-electron chi connectivity index (χ1n) is 6.71. The highest BCUT2D eigenvalue weighted by Gasteiger charge is 2.04. The number of benzene rings is 1. The molecule has 0 bridgehead atoms. The fourth-order valence-electron chi connectivity index (χ4n) is 1.89. The Morgan fingerprint density at radius 2 is 1.81 bits per heavy atom. The van der Waals surface area contributed by atoms with Crippen molar-refractivity contribution in [2.75, 3.05) is 10.6 Å². The van der Waals surface area contributed by atoms with E-state index in [0.717, 1.165) is 5.69 Å². The van der Waals surface area contributed by atoms with Gasteiger partial charge in [0.1, 0.15) is 0 Å². The predicted molar refractivity (Wildman–Crippen MR) is 81.9 cm³/mol. The number of nitrogens with one attached hydrogen (secondary N) is 2. The smallest absolute Gasteiger partial charge is 0.224 e. The third-order valence-corrected chi connectivity index (χ3v) is 2.80. The second-order valence-electron chi connectivity index (χ2n) is 4.63. The molecule has 0 unspecified atom stereocenters. The third kappa shape index (κ3) is 5.06. The lowest BCUT2D eigenvalue weighted by atomic mass is 10.2. The first kappa shape index (κ1) is 14.7. The molecule has 2 N–H and O–H groups in total. The molecule has 1 heterocycles. The molecule has 5 heteroatoms. The van der Waals surface area contributed by atoms with Crippen LogP contribution in [0.5, 0.6) is 0 Å². The number of hydrogen-bond acceptors (Lipinski definition) is 3. The van der Waals surface area contributed by atoms with E-state index < -0.39 is 0 Å². The van der Waals surface area contributed by atoms with Crippen molar-refractivity contribution >= 4 is 23.2 Å². The van der Waals surface area contributed by atoms with Crippen molar-refractivity contribution in [3.8, 4) is 0 Å². The van der Waals surface area contributed by atoms with Gasteiger partial charge in [0.15, 0.2) is 0 Å². The van der Waals surface area contributed by atoms with Gasteiger partial charge in [-0.1, -0.05) is 12.1 Å². The number of pyridine rings is 1. The maximum atomic E-state index is 11.9. The summed E-state index contributed by atoms with van der Waals surface area (Å²) in [5, 5.41) is 5.48. The van der Waals surface area contributed by atoms with Crippen molar-refractivity contribution in [3.05, 3.63) is 54.4 Å². The van der Waals surface area contributed by atoms with Crippen LogP contribution in [0.4, 0.5) is 11.4 Å². The van der Waals surface area contributed by atoms with Crippen molar-refractivity contribution < 1.29 is 9.59 Å². The van der Waals surface area contributed by atoms with Crippen LogP contribution < -0.4 is 10.6 Å². The van der Waals surface area contributed by atoms with Crippen LogP contribution in [0.15, 0.2) is 48.7 Å². The lowest BCUT2D eigenvalue weighted by molar-refractivity contribution is -0.116. The highest BCUT2D eigenvalue weighted by atomic mass is 16.2. The van der Waals surface area contributed by atoms with E-state index >= 15 is 0 Å². The SMILES string of the molecule is CC(=O)Nc1cccc(NC(=O)CCc2ccccn2)c1. The van der Waals surface area contributed by atoms with E-state index in [-0.39, 0.29) is 11.8 Å². The Morgan fingerprint density at radius 3 is 2.48 bits per heavy atom. The predicted octanol–water partition coefficient (Wildman–Crippen LogP) is 2.61. The summed E-state index contributed by atoms with van der Waals surface area (Å²) in [6, 6.07) is 12.7. The Kier molecular flexibility index (Phi) is 5.04. The molecule has 2 amide bonds. The van der Waals surface area contributed by atoms with Gasteiger partial charge in [0, 0.05) is 36.6 Å². The van der Waals surface area contributed by atoms with E-state index in [4.69, 9.17) is 0 Å². The van der Waals surface area contributed by atoms with Crippen LogP contribution in [0, 0.1) is 0 Å². The summed E-state index contributed by atoms with van der Waals surface area (Å²) in [4.78, 5) is 27.1. The Morgan fingerprint density at radius 1 is 1.05 bits per heavy atom. The molecule has 2 rings (SSSR count). The van der Waals surface area contributed by atoms with E-state index in [1.807, 2.05) is 18.2 Å². The molecule has 5 nitrogen and oxygen atoms in total. The van der Waals surface area contributed by atoms with Gasteiger partial charge >= 0.3 is 0 Å². The van der Waals surface area contributed by atoms with E-state index in [2.05, 4.69) is 15.6 Å². The maximum Gasteiger partial charge on any atom is 0.224 e. The number of anilines is 2. The largest absolute Gasteiger partial charge is 0.326 e. The Balaban J connectivity index is 1.89. The van der Waals surface area contributed by atoms with Gasteiger partial charge in [-0.3, -0.25) is 14.6 Å². The fourth-order valence-corrected chi connectivity index (χ4v) is 1.89. The molecule has 0 spiro atoms.